The van der Waals surface area contributed by atoms with Gasteiger partial charge in [0.1, 0.15) is 19.3 Å². The van der Waals surface area contributed by atoms with Crippen LogP contribution < -0.4 is 14.3 Å². The molecule has 0 fully saturated rings. The Hall–Kier alpha value is -3.12. The van der Waals surface area contributed by atoms with Gasteiger partial charge in [-0.2, -0.15) is 0 Å². The number of ether oxygens (including phenoxy) is 1. The fraction of sp³-hybridized carbons (Fsp3) is 0.321. The summed E-state index contributed by atoms with van der Waals surface area (Å²) < 4.78 is 22.5. The maximum Gasteiger partial charge on any atom is 0.340 e. The van der Waals surface area contributed by atoms with E-state index in [0.29, 0.717) is 38.9 Å². The molecule has 0 saturated carbocycles. The van der Waals surface area contributed by atoms with Crippen LogP contribution in [0.3, 0.4) is 0 Å². The lowest BCUT2D eigenvalue weighted by molar-refractivity contribution is -0.333. The normalized spacial score (nSPS) is 17.4. The van der Waals surface area contributed by atoms with Crippen molar-refractivity contribution >= 4 is 13.8 Å². The van der Waals surface area contributed by atoms with Crippen molar-refractivity contribution in [2.24, 2.45) is 0 Å². The fourth-order valence-electron chi connectivity index (χ4n) is 5.04. The van der Waals surface area contributed by atoms with Crippen LogP contribution in [0.2, 0.25) is 0 Å². The van der Waals surface area contributed by atoms with Crippen LogP contribution in [-0.4, -0.2) is 11.1 Å². The number of benzene rings is 3. The second-order valence-corrected chi connectivity index (χ2v) is 11.0. The summed E-state index contributed by atoms with van der Waals surface area (Å²) in [7, 11) is -5.30. The molecule has 0 unspecified atom stereocenters. The van der Waals surface area contributed by atoms with Gasteiger partial charge in [-0.1, -0.05) is 45.9 Å². The third kappa shape index (κ3) is 4.32. The summed E-state index contributed by atoms with van der Waals surface area (Å²) in [6.07, 6.45) is 0. The van der Waals surface area contributed by atoms with E-state index in [1.165, 1.54) is 6.07 Å². The van der Waals surface area contributed by atoms with Gasteiger partial charge in [-0.3, -0.25) is 0 Å². The Bertz CT molecular complexity index is 1400. The van der Waals surface area contributed by atoms with Gasteiger partial charge in [0.25, 0.3) is 0 Å². The Morgan fingerprint density at radius 2 is 1.44 bits per heavy atom. The summed E-state index contributed by atoms with van der Waals surface area (Å²) >= 11 is 0. The van der Waals surface area contributed by atoms with E-state index in [4.69, 9.17) is 9.26 Å². The standard InChI is InChI=1S/C28H31O7P/c1-15(2)20-13-23(17(5)11-25(20)29)28(22-10-8-7-9-19(22)27(30)34-28)24-14-21(16(3)4)26(12-18(24)6)35-36(31,32)33/h7-16,29H,1-6H3,(H2,31,32,33)/p-2/t28-/m1/s1. The number of hydrogen-bond acceptors (Lipinski definition) is 7. The van der Waals surface area contributed by atoms with Crippen LogP contribution in [0.15, 0.2) is 48.5 Å². The molecule has 0 spiro atoms. The number of aromatic hydroxyl groups is 1. The lowest BCUT2D eigenvalue weighted by atomic mass is 9.74. The summed E-state index contributed by atoms with van der Waals surface area (Å²) in [6, 6.07) is 13.9. The Morgan fingerprint density at radius 1 is 0.889 bits per heavy atom. The van der Waals surface area contributed by atoms with E-state index in [1.54, 1.807) is 31.2 Å². The van der Waals surface area contributed by atoms with Crippen LogP contribution in [0.4, 0.5) is 0 Å². The van der Waals surface area contributed by atoms with Crippen LogP contribution >= 0.6 is 7.82 Å². The van der Waals surface area contributed by atoms with Crippen molar-refractivity contribution in [1.29, 1.82) is 0 Å². The molecule has 4 rings (SSSR count). The number of rotatable bonds is 6. The van der Waals surface area contributed by atoms with Gasteiger partial charge in [-0.25, -0.2) is 4.79 Å². The molecule has 1 aliphatic rings. The molecule has 3 aromatic rings. The predicted octanol–water partition coefficient (Wildman–Crippen LogP) is 4.93. The van der Waals surface area contributed by atoms with Gasteiger partial charge >= 0.3 is 5.97 Å². The Morgan fingerprint density at radius 3 is 2.03 bits per heavy atom. The highest BCUT2D eigenvalue weighted by atomic mass is 31.2. The van der Waals surface area contributed by atoms with E-state index >= 15 is 0 Å². The Balaban J connectivity index is 2.12. The maximum atomic E-state index is 13.2. The lowest BCUT2D eigenvalue weighted by Crippen LogP contribution is -2.32. The number of hydrogen-bond donors (Lipinski definition) is 1. The quantitative estimate of drug-likeness (QED) is 0.371. The molecule has 0 aliphatic carbocycles. The lowest BCUT2D eigenvalue weighted by Gasteiger charge is -2.36. The van der Waals surface area contributed by atoms with Gasteiger partial charge in [0.15, 0.2) is 5.60 Å². The van der Waals surface area contributed by atoms with Crippen molar-refractivity contribution in [3.8, 4) is 11.5 Å². The van der Waals surface area contributed by atoms with Crippen LogP contribution in [0, 0.1) is 13.8 Å². The minimum Gasteiger partial charge on any atom is -0.780 e. The molecule has 36 heavy (non-hydrogen) atoms. The molecule has 0 saturated heterocycles. The highest BCUT2D eigenvalue weighted by Crippen LogP contribution is 2.52. The molecular formula is C28H29O7P-2. The largest absolute Gasteiger partial charge is 0.780 e. The van der Waals surface area contributed by atoms with E-state index < -0.39 is 19.4 Å². The minimum absolute atomic E-state index is 0.0000915. The van der Waals surface area contributed by atoms with Gasteiger partial charge in [0.2, 0.25) is 0 Å². The van der Waals surface area contributed by atoms with E-state index in [0.717, 1.165) is 5.56 Å². The van der Waals surface area contributed by atoms with Crippen molar-refractivity contribution < 1.29 is 33.5 Å². The molecule has 1 N–H and O–H groups in total. The average Bonchev–Trinajstić information content (AvgIpc) is 3.05. The molecule has 3 aromatic carbocycles. The van der Waals surface area contributed by atoms with E-state index in [2.05, 4.69) is 0 Å². The molecule has 190 valence electrons. The number of phosphoric ester groups is 1. The summed E-state index contributed by atoms with van der Waals surface area (Å²) in [5.74, 6) is -0.581. The minimum atomic E-state index is -5.30. The highest BCUT2D eigenvalue weighted by Gasteiger charge is 2.50. The Kier molecular flexibility index (Phi) is 6.54. The van der Waals surface area contributed by atoms with Crippen molar-refractivity contribution in [2.45, 2.75) is 59.0 Å². The zero-order valence-electron chi connectivity index (χ0n) is 21.1. The first-order chi connectivity index (χ1) is 16.8. The van der Waals surface area contributed by atoms with Crippen molar-refractivity contribution in [1.82, 2.24) is 0 Å². The van der Waals surface area contributed by atoms with E-state index in [-0.39, 0.29) is 23.3 Å². The third-order valence-corrected chi connectivity index (χ3v) is 7.14. The number of fused-ring (bicyclic) bond motifs is 1. The summed E-state index contributed by atoms with van der Waals surface area (Å²) in [5, 5.41) is 10.6. The highest BCUT2D eigenvalue weighted by molar-refractivity contribution is 7.43. The van der Waals surface area contributed by atoms with Gasteiger partial charge in [0, 0.05) is 16.7 Å². The van der Waals surface area contributed by atoms with Crippen molar-refractivity contribution in [2.75, 3.05) is 0 Å². The topological polar surface area (TPSA) is 119 Å². The molecule has 1 heterocycles. The third-order valence-electron chi connectivity index (χ3n) is 6.72. The first-order valence-electron chi connectivity index (χ1n) is 11.8. The zero-order chi connectivity index (χ0) is 26.6. The van der Waals surface area contributed by atoms with Crippen LogP contribution in [0.1, 0.15) is 88.8 Å². The monoisotopic (exact) mass is 508 g/mol. The van der Waals surface area contributed by atoms with E-state index in [9.17, 15) is 24.3 Å². The number of cyclic esters (lactones) is 1. The molecule has 1 atom stereocenters. The number of phenolic OH excluding ortho intramolecular Hbond substituents is 1. The first kappa shape index (κ1) is 26.0. The predicted molar refractivity (Wildman–Crippen MR) is 132 cm³/mol. The molecule has 8 heteroatoms. The number of esters is 1. The first-order valence-corrected chi connectivity index (χ1v) is 13.3. The number of carbonyl (C=O) groups excluding carboxylic acids is 1. The fourth-order valence-corrected chi connectivity index (χ4v) is 5.44. The molecular weight excluding hydrogens is 479 g/mol. The number of phenols is 1. The SMILES string of the molecule is Cc1cc(O)c(C(C)C)cc1[C@]1(c2cc(C(C)C)c(OP(=O)([O-])[O-])cc2C)OC(=O)c2ccccc21. The Labute approximate surface area is 211 Å². The van der Waals surface area contributed by atoms with Gasteiger partial charge in [0.05, 0.1) is 5.56 Å². The molecule has 0 amide bonds. The molecule has 0 aromatic heterocycles. The molecule has 0 bridgehead atoms. The second kappa shape index (κ2) is 9.07. The van der Waals surface area contributed by atoms with Crippen LogP contribution in [0.5, 0.6) is 11.5 Å². The zero-order valence-corrected chi connectivity index (χ0v) is 22.0. The van der Waals surface area contributed by atoms with Crippen molar-refractivity contribution in [3.63, 3.8) is 0 Å². The summed E-state index contributed by atoms with van der Waals surface area (Å²) in [6.45, 7) is 11.2. The van der Waals surface area contributed by atoms with Crippen LogP contribution in [0.25, 0.3) is 0 Å². The van der Waals surface area contributed by atoms with Crippen molar-refractivity contribution in [3.05, 3.63) is 93.0 Å². The average molecular weight is 509 g/mol. The molecule has 1 aliphatic heterocycles. The van der Waals surface area contributed by atoms with Gasteiger partial charge in [-0.05, 0) is 78.3 Å². The molecule has 0 radical (unpaired) electrons. The summed E-state index contributed by atoms with van der Waals surface area (Å²) in [4.78, 5) is 36.1. The maximum absolute atomic E-state index is 13.2. The second-order valence-electron chi connectivity index (χ2n) is 9.90. The van der Waals surface area contributed by atoms with Gasteiger partial charge < -0.3 is 28.7 Å². The van der Waals surface area contributed by atoms with Crippen LogP contribution in [-0.2, 0) is 14.9 Å². The number of aryl methyl sites for hydroxylation is 2. The van der Waals surface area contributed by atoms with E-state index in [1.807, 2.05) is 52.8 Å². The smallest absolute Gasteiger partial charge is 0.340 e. The number of carbonyl (C=O) groups is 1. The van der Waals surface area contributed by atoms with Gasteiger partial charge in [-0.15, -0.1) is 0 Å². The number of phosphoric acid groups is 1. The molecule has 7 nitrogen and oxygen atoms in total. The summed E-state index contributed by atoms with van der Waals surface area (Å²) in [5.41, 5.74) is 3.49.